The van der Waals surface area contributed by atoms with Crippen LogP contribution in [0.15, 0.2) is 29.6 Å². The monoisotopic (exact) mass is 300 g/mol. The lowest BCUT2D eigenvalue weighted by molar-refractivity contribution is 0.216. The molecule has 5 heteroatoms. The summed E-state index contributed by atoms with van der Waals surface area (Å²) in [6.07, 6.45) is 0. The summed E-state index contributed by atoms with van der Waals surface area (Å²) in [5, 5.41) is 2.10. The van der Waals surface area contributed by atoms with Crippen LogP contribution in [-0.2, 0) is 6.54 Å². The Morgan fingerprint density at radius 1 is 1.39 bits per heavy atom. The minimum absolute atomic E-state index is 0.0738. The minimum atomic E-state index is 0.0738. The quantitative estimate of drug-likeness (QED) is 0.905. The summed E-state index contributed by atoms with van der Waals surface area (Å²) in [7, 11) is 2.11. The van der Waals surface area contributed by atoms with E-state index in [4.69, 9.17) is 17.3 Å². The first-order chi connectivity index (χ1) is 8.58. The molecule has 98 valence electrons. The zero-order valence-corrected chi connectivity index (χ0v) is 12.9. The van der Waals surface area contributed by atoms with Crippen LogP contribution in [0.1, 0.15) is 22.7 Å². The Morgan fingerprint density at radius 3 is 2.67 bits per heavy atom. The normalized spacial score (nSPS) is 14.9. The van der Waals surface area contributed by atoms with E-state index in [-0.39, 0.29) is 12.1 Å². The third-order valence-corrected chi connectivity index (χ3v) is 5.01. The van der Waals surface area contributed by atoms with Gasteiger partial charge in [-0.05, 0) is 37.6 Å². The third-order valence-electron chi connectivity index (χ3n) is 2.84. The van der Waals surface area contributed by atoms with Crippen LogP contribution in [0.25, 0.3) is 0 Å². The van der Waals surface area contributed by atoms with Gasteiger partial charge in [0.2, 0.25) is 0 Å². The molecule has 0 saturated carbocycles. The van der Waals surface area contributed by atoms with E-state index in [9.17, 15) is 0 Å². The molecule has 0 aliphatic rings. The first-order valence-corrected chi connectivity index (χ1v) is 7.89. The predicted molar refractivity (Wildman–Crippen MR) is 81.5 cm³/mol. The zero-order valence-electron chi connectivity index (χ0n) is 10.5. The molecule has 18 heavy (non-hydrogen) atoms. The van der Waals surface area contributed by atoms with Crippen molar-refractivity contribution >= 4 is 34.3 Å². The Balaban J connectivity index is 2.15. The third kappa shape index (κ3) is 3.33. The number of halogens is 1. The molecule has 0 spiro atoms. The summed E-state index contributed by atoms with van der Waals surface area (Å²) in [6.45, 7) is 2.96. The molecule has 0 fully saturated rings. The lowest BCUT2D eigenvalue weighted by atomic mass is 10.1. The van der Waals surface area contributed by atoms with Crippen LogP contribution < -0.4 is 5.73 Å². The van der Waals surface area contributed by atoms with E-state index in [1.54, 1.807) is 22.7 Å². The second kappa shape index (κ2) is 6.17. The molecule has 0 aromatic carbocycles. The molecule has 2 rings (SSSR count). The van der Waals surface area contributed by atoms with Gasteiger partial charge in [-0.1, -0.05) is 17.7 Å². The van der Waals surface area contributed by atoms with Gasteiger partial charge in [0.25, 0.3) is 0 Å². The van der Waals surface area contributed by atoms with E-state index < -0.39 is 0 Å². The van der Waals surface area contributed by atoms with Crippen molar-refractivity contribution in [3.63, 3.8) is 0 Å². The number of likely N-dealkylation sites (N-methyl/N-ethyl adjacent to an activating group) is 1. The van der Waals surface area contributed by atoms with E-state index in [0.717, 1.165) is 10.9 Å². The summed E-state index contributed by atoms with van der Waals surface area (Å²) in [4.78, 5) is 4.87. The molecule has 0 saturated heterocycles. The maximum atomic E-state index is 6.13. The number of nitrogens with zero attached hydrogens (tertiary/aromatic N) is 1. The molecular formula is C13H17ClN2S2. The lowest BCUT2D eigenvalue weighted by Crippen LogP contribution is -2.36. The van der Waals surface area contributed by atoms with Gasteiger partial charge >= 0.3 is 0 Å². The highest BCUT2D eigenvalue weighted by atomic mass is 35.5. The molecule has 0 bridgehead atoms. The fourth-order valence-corrected chi connectivity index (χ4v) is 4.22. The first kappa shape index (κ1) is 14.0. The number of hydrogen-bond donors (Lipinski definition) is 1. The van der Waals surface area contributed by atoms with Gasteiger partial charge in [0.15, 0.2) is 0 Å². The topological polar surface area (TPSA) is 29.3 Å². The van der Waals surface area contributed by atoms with Crippen molar-refractivity contribution in [3.8, 4) is 0 Å². The average molecular weight is 301 g/mol. The fourth-order valence-electron chi connectivity index (χ4n) is 2.11. The summed E-state index contributed by atoms with van der Waals surface area (Å²) in [5.74, 6) is 0. The molecule has 2 aromatic rings. The van der Waals surface area contributed by atoms with Gasteiger partial charge in [-0.15, -0.1) is 22.7 Å². The van der Waals surface area contributed by atoms with Crippen LogP contribution >= 0.6 is 34.3 Å². The molecule has 0 radical (unpaired) electrons. The molecular weight excluding hydrogens is 284 g/mol. The van der Waals surface area contributed by atoms with Crippen molar-refractivity contribution in [1.29, 1.82) is 0 Å². The van der Waals surface area contributed by atoms with Crippen molar-refractivity contribution < 1.29 is 0 Å². The Bertz CT molecular complexity index is 479. The van der Waals surface area contributed by atoms with Crippen molar-refractivity contribution in [2.75, 3.05) is 7.05 Å². The predicted octanol–water partition coefficient (Wildman–Crippen LogP) is 3.98. The number of thiophene rings is 2. The highest BCUT2D eigenvalue weighted by molar-refractivity contribution is 7.16. The Hall–Kier alpha value is -0.390. The molecule has 2 N–H and O–H groups in total. The molecule has 0 aliphatic carbocycles. The average Bonchev–Trinajstić information content (AvgIpc) is 2.90. The number of hydrogen-bond acceptors (Lipinski definition) is 4. The summed E-state index contributed by atoms with van der Waals surface area (Å²) in [6, 6.07) is 8.54. The zero-order chi connectivity index (χ0) is 13.1. The van der Waals surface area contributed by atoms with Gasteiger partial charge in [-0.2, -0.15) is 0 Å². The summed E-state index contributed by atoms with van der Waals surface area (Å²) in [5.41, 5.74) is 6.13. The molecule has 0 aliphatic heterocycles. The van der Waals surface area contributed by atoms with Crippen molar-refractivity contribution in [2.24, 2.45) is 5.73 Å². The molecule has 2 aromatic heterocycles. The van der Waals surface area contributed by atoms with Crippen LogP contribution in [0.2, 0.25) is 4.34 Å². The Labute approximate surface area is 121 Å². The smallest absolute Gasteiger partial charge is 0.0931 e. The molecule has 2 unspecified atom stereocenters. The van der Waals surface area contributed by atoms with E-state index in [1.807, 2.05) is 13.0 Å². The van der Waals surface area contributed by atoms with Gasteiger partial charge in [0, 0.05) is 22.3 Å². The maximum Gasteiger partial charge on any atom is 0.0931 e. The SMILES string of the molecule is CC(N)C(c1ccc(Cl)s1)N(C)Cc1cccs1. The van der Waals surface area contributed by atoms with Crippen molar-refractivity contribution in [3.05, 3.63) is 43.7 Å². The van der Waals surface area contributed by atoms with Gasteiger partial charge in [-0.25, -0.2) is 0 Å². The van der Waals surface area contributed by atoms with Gasteiger partial charge in [0.1, 0.15) is 0 Å². The van der Waals surface area contributed by atoms with Crippen LogP contribution in [0.4, 0.5) is 0 Å². The van der Waals surface area contributed by atoms with Gasteiger partial charge in [-0.3, -0.25) is 4.90 Å². The highest BCUT2D eigenvalue weighted by Gasteiger charge is 2.23. The second-order valence-corrected chi connectivity index (χ2v) is 7.22. The molecule has 2 heterocycles. The molecule has 2 atom stereocenters. The minimum Gasteiger partial charge on any atom is -0.326 e. The van der Waals surface area contributed by atoms with E-state index >= 15 is 0 Å². The number of rotatable bonds is 5. The lowest BCUT2D eigenvalue weighted by Gasteiger charge is -2.29. The van der Waals surface area contributed by atoms with Crippen LogP contribution in [0.5, 0.6) is 0 Å². The Morgan fingerprint density at radius 2 is 2.17 bits per heavy atom. The van der Waals surface area contributed by atoms with Gasteiger partial charge in [0.05, 0.1) is 10.4 Å². The van der Waals surface area contributed by atoms with Crippen LogP contribution in [0.3, 0.4) is 0 Å². The molecule has 0 amide bonds. The van der Waals surface area contributed by atoms with E-state index in [0.29, 0.717) is 0 Å². The van der Waals surface area contributed by atoms with E-state index in [2.05, 4.69) is 35.5 Å². The van der Waals surface area contributed by atoms with E-state index in [1.165, 1.54) is 9.75 Å². The standard InChI is InChI=1S/C13H17ClN2S2/c1-9(15)13(11-5-6-12(14)18-11)16(2)8-10-4-3-7-17-10/h3-7,9,13H,8,15H2,1-2H3. The number of nitrogens with two attached hydrogens (primary N) is 1. The highest BCUT2D eigenvalue weighted by Crippen LogP contribution is 2.32. The maximum absolute atomic E-state index is 6.13. The second-order valence-electron chi connectivity index (χ2n) is 4.44. The first-order valence-electron chi connectivity index (χ1n) is 5.81. The van der Waals surface area contributed by atoms with Gasteiger partial charge < -0.3 is 5.73 Å². The largest absolute Gasteiger partial charge is 0.326 e. The van der Waals surface area contributed by atoms with Crippen molar-refractivity contribution in [2.45, 2.75) is 25.6 Å². The van der Waals surface area contributed by atoms with Crippen LogP contribution in [-0.4, -0.2) is 18.0 Å². The summed E-state index contributed by atoms with van der Waals surface area (Å²) >= 11 is 9.41. The van der Waals surface area contributed by atoms with Crippen molar-refractivity contribution in [1.82, 2.24) is 4.90 Å². The summed E-state index contributed by atoms with van der Waals surface area (Å²) < 4.78 is 0.820. The fraction of sp³-hybridized carbons (Fsp3) is 0.385. The molecule has 2 nitrogen and oxygen atoms in total. The van der Waals surface area contributed by atoms with Crippen LogP contribution in [0, 0.1) is 0 Å². The Kier molecular flexibility index (Phi) is 4.81.